The zero-order chi connectivity index (χ0) is 23.5. The van der Waals surface area contributed by atoms with Crippen LogP contribution in [0.2, 0.25) is 0 Å². The van der Waals surface area contributed by atoms with Crippen LogP contribution in [0.25, 0.3) is 22.3 Å². The van der Waals surface area contributed by atoms with Crippen LogP contribution in [-0.4, -0.2) is 41.4 Å². The molecule has 2 aromatic heterocycles. The highest BCUT2D eigenvalue weighted by Gasteiger charge is 2.27. The van der Waals surface area contributed by atoms with Crippen molar-refractivity contribution in [2.24, 2.45) is 0 Å². The first-order valence-corrected chi connectivity index (χ1v) is 13.4. The Morgan fingerprint density at radius 2 is 1.68 bits per heavy atom. The van der Waals surface area contributed by atoms with Gasteiger partial charge in [0.1, 0.15) is 5.69 Å². The highest BCUT2D eigenvalue weighted by molar-refractivity contribution is 7.89. The molecule has 5 rings (SSSR count). The van der Waals surface area contributed by atoms with E-state index >= 15 is 0 Å². The fraction of sp³-hybridized carbons (Fsp3) is 0.154. The molecule has 172 valence electrons. The first-order valence-electron chi connectivity index (χ1n) is 11.0. The van der Waals surface area contributed by atoms with Crippen LogP contribution in [-0.2, 0) is 10.0 Å². The molecule has 2 aromatic carbocycles. The van der Waals surface area contributed by atoms with Gasteiger partial charge < -0.3 is 0 Å². The Labute approximate surface area is 202 Å². The Kier molecular flexibility index (Phi) is 6.28. The molecule has 1 aliphatic heterocycles. The molecule has 0 spiro atoms. The van der Waals surface area contributed by atoms with E-state index < -0.39 is 10.0 Å². The molecule has 0 amide bonds. The standard InChI is InChI=1S/C26H23N3O3S2/c30-24(20-10-13-23(14-11-20)34(31,32)28-16-4-5-17-28)15-12-21-19-29(22-7-2-1-3-8-22)27-26(21)25-9-6-18-33-25/h1-3,6-15,18-19H,4-5,16-17H2. The molecule has 0 N–H and O–H groups in total. The van der Waals surface area contributed by atoms with Gasteiger partial charge in [-0.25, -0.2) is 13.1 Å². The molecule has 6 nitrogen and oxygen atoms in total. The zero-order valence-corrected chi connectivity index (χ0v) is 20.0. The number of ketones is 1. The van der Waals surface area contributed by atoms with Crippen molar-refractivity contribution in [3.05, 3.63) is 95.5 Å². The summed E-state index contributed by atoms with van der Waals surface area (Å²) in [6.45, 7) is 1.10. The van der Waals surface area contributed by atoms with Gasteiger partial charge in [-0.05, 0) is 72.8 Å². The number of hydrogen-bond acceptors (Lipinski definition) is 5. The summed E-state index contributed by atoms with van der Waals surface area (Å²) in [6, 6.07) is 19.9. The molecule has 0 atom stereocenters. The van der Waals surface area contributed by atoms with E-state index in [0.29, 0.717) is 18.7 Å². The van der Waals surface area contributed by atoms with E-state index in [-0.39, 0.29) is 10.7 Å². The first-order chi connectivity index (χ1) is 16.5. The first kappa shape index (κ1) is 22.5. The lowest BCUT2D eigenvalue weighted by Gasteiger charge is -2.15. The van der Waals surface area contributed by atoms with Gasteiger partial charge >= 0.3 is 0 Å². The van der Waals surface area contributed by atoms with E-state index in [9.17, 15) is 13.2 Å². The molecule has 8 heteroatoms. The summed E-state index contributed by atoms with van der Waals surface area (Å²) in [5.74, 6) is -0.199. The number of allylic oxidation sites excluding steroid dienone is 1. The van der Waals surface area contributed by atoms with Crippen molar-refractivity contribution < 1.29 is 13.2 Å². The number of carbonyl (C=O) groups excluding carboxylic acids is 1. The van der Waals surface area contributed by atoms with E-state index in [0.717, 1.165) is 34.7 Å². The molecular formula is C26H23N3O3S2. The second-order valence-corrected chi connectivity index (χ2v) is 10.9. The van der Waals surface area contributed by atoms with Crippen LogP contribution in [0.4, 0.5) is 0 Å². The number of carbonyl (C=O) groups is 1. The van der Waals surface area contributed by atoms with Crippen molar-refractivity contribution in [1.82, 2.24) is 14.1 Å². The van der Waals surface area contributed by atoms with E-state index in [1.807, 2.05) is 54.0 Å². The lowest BCUT2D eigenvalue weighted by molar-refractivity contribution is 0.104. The van der Waals surface area contributed by atoms with Crippen LogP contribution in [0.3, 0.4) is 0 Å². The summed E-state index contributed by atoms with van der Waals surface area (Å²) in [5, 5.41) is 6.74. The molecule has 1 saturated heterocycles. The molecule has 34 heavy (non-hydrogen) atoms. The topological polar surface area (TPSA) is 72.3 Å². The number of sulfonamides is 1. The summed E-state index contributed by atoms with van der Waals surface area (Å²) < 4.78 is 28.7. The van der Waals surface area contributed by atoms with Gasteiger partial charge in [-0.1, -0.05) is 24.3 Å². The fourth-order valence-electron chi connectivity index (χ4n) is 3.96. The Morgan fingerprint density at radius 3 is 2.35 bits per heavy atom. The zero-order valence-electron chi connectivity index (χ0n) is 18.4. The Hall–Kier alpha value is -3.33. The van der Waals surface area contributed by atoms with Crippen molar-refractivity contribution in [2.75, 3.05) is 13.1 Å². The SMILES string of the molecule is O=C(C=Cc1cn(-c2ccccc2)nc1-c1cccs1)c1ccc(S(=O)(=O)N2CCCC2)cc1. The van der Waals surface area contributed by atoms with Crippen molar-refractivity contribution in [3.8, 4) is 16.3 Å². The predicted molar refractivity (Wildman–Crippen MR) is 135 cm³/mol. The molecular weight excluding hydrogens is 466 g/mol. The number of benzene rings is 2. The monoisotopic (exact) mass is 489 g/mol. The third-order valence-electron chi connectivity index (χ3n) is 5.77. The summed E-state index contributed by atoms with van der Waals surface area (Å²) in [7, 11) is -3.50. The normalized spacial score (nSPS) is 14.7. The fourth-order valence-corrected chi connectivity index (χ4v) is 6.21. The summed E-state index contributed by atoms with van der Waals surface area (Å²) in [4.78, 5) is 14.1. The lowest BCUT2D eigenvalue weighted by atomic mass is 10.1. The second kappa shape index (κ2) is 9.50. The number of hydrogen-bond donors (Lipinski definition) is 0. The molecule has 0 saturated carbocycles. The molecule has 1 fully saturated rings. The summed E-state index contributed by atoms with van der Waals surface area (Å²) >= 11 is 1.59. The third kappa shape index (κ3) is 4.52. The van der Waals surface area contributed by atoms with E-state index in [2.05, 4.69) is 0 Å². The average Bonchev–Trinajstić information content (AvgIpc) is 3.65. The van der Waals surface area contributed by atoms with Crippen LogP contribution in [0.5, 0.6) is 0 Å². The predicted octanol–water partition coefficient (Wildman–Crippen LogP) is 5.28. The van der Waals surface area contributed by atoms with Crippen molar-refractivity contribution in [2.45, 2.75) is 17.7 Å². The maximum atomic E-state index is 12.8. The largest absolute Gasteiger partial charge is 0.289 e. The minimum absolute atomic E-state index is 0.199. The van der Waals surface area contributed by atoms with Gasteiger partial charge in [0, 0.05) is 30.4 Å². The molecule has 0 bridgehead atoms. The Bertz CT molecular complexity index is 1420. The van der Waals surface area contributed by atoms with Gasteiger partial charge in [-0.2, -0.15) is 9.40 Å². The number of aromatic nitrogens is 2. The third-order valence-corrected chi connectivity index (χ3v) is 8.56. The van der Waals surface area contributed by atoms with Crippen LogP contribution in [0.1, 0.15) is 28.8 Å². The van der Waals surface area contributed by atoms with Gasteiger partial charge in [0.15, 0.2) is 5.78 Å². The highest BCUT2D eigenvalue weighted by atomic mass is 32.2. The molecule has 4 aromatic rings. The molecule has 1 aliphatic rings. The second-order valence-electron chi connectivity index (χ2n) is 8.02. The number of thiophene rings is 1. The van der Waals surface area contributed by atoms with Crippen LogP contribution >= 0.6 is 11.3 Å². The Balaban J connectivity index is 1.39. The van der Waals surface area contributed by atoms with Gasteiger partial charge in [-0.3, -0.25) is 4.79 Å². The molecule has 3 heterocycles. The summed E-state index contributed by atoms with van der Waals surface area (Å²) in [6.07, 6.45) is 6.94. The number of para-hydroxylation sites is 1. The molecule has 0 aliphatic carbocycles. The quantitative estimate of drug-likeness (QED) is 0.262. The number of nitrogens with zero attached hydrogens (tertiary/aromatic N) is 3. The Morgan fingerprint density at radius 1 is 0.941 bits per heavy atom. The van der Waals surface area contributed by atoms with Crippen molar-refractivity contribution >= 4 is 33.2 Å². The van der Waals surface area contributed by atoms with Gasteiger partial charge in [0.05, 0.1) is 15.5 Å². The van der Waals surface area contributed by atoms with E-state index in [4.69, 9.17) is 5.10 Å². The average molecular weight is 490 g/mol. The molecule has 0 unspecified atom stereocenters. The highest BCUT2D eigenvalue weighted by Crippen LogP contribution is 2.29. The van der Waals surface area contributed by atoms with E-state index in [1.165, 1.54) is 22.5 Å². The van der Waals surface area contributed by atoms with Crippen LogP contribution < -0.4 is 0 Å². The van der Waals surface area contributed by atoms with Gasteiger partial charge in [0.2, 0.25) is 10.0 Å². The maximum Gasteiger partial charge on any atom is 0.243 e. The smallest absolute Gasteiger partial charge is 0.243 e. The molecule has 0 radical (unpaired) electrons. The minimum atomic E-state index is -3.50. The van der Waals surface area contributed by atoms with Crippen molar-refractivity contribution in [1.29, 1.82) is 0 Å². The van der Waals surface area contributed by atoms with Gasteiger partial charge in [-0.15, -0.1) is 11.3 Å². The van der Waals surface area contributed by atoms with Crippen LogP contribution in [0.15, 0.2) is 89.3 Å². The minimum Gasteiger partial charge on any atom is -0.289 e. The maximum absolute atomic E-state index is 12.8. The van der Waals surface area contributed by atoms with Crippen molar-refractivity contribution in [3.63, 3.8) is 0 Å². The van der Waals surface area contributed by atoms with E-state index in [1.54, 1.807) is 34.2 Å². The summed E-state index contributed by atoms with van der Waals surface area (Å²) in [5.41, 5.74) is 2.99. The van der Waals surface area contributed by atoms with Crippen LogP contribution in [0, 0.1) is 0 Å². The lowest BCUT2D eigenvalue weighted by Crippen LogP contribution is -2.27. The number of rotatable bonds is 7. The van der Waals surface area contributed by atoms with Gasteiger partial charge in [0.25, 0.3) is 0 Å².